The van der Waals surface area contributed by atoms with Gasteiger partial charge in [-0.25, -0.2) is 9.59 Å². The normalized spacial score (nSPS) is 11.2. The smallest absolute Gasteiger partial charge is 0.549 e. The Bertz CT molecular complexity index is 716. The predicted molar refractivity (Wildman–Crippen MR) is 133 cm³/mol. The molecule has 0 heterocycles. The number of hydrogen-bond donors (Lipinski definition) is 6. The molecule has 0 saturated carbocycles. The molecule has 20 nitrogen and oxygen atoms in total. The Hall–Kier alpha value is -1.88. The monoisotopic (exact) mass is 678 g/mol. The van der Waals surface area contributed by atoms with E-state index in [0.29, 0.717) is 0 Å². The number of carboxylic acids is 8. The van der Waals surface area contributed by atoms with Gasteiger partial charge in [0.2, 0.25) is 0 Å². The predicted octanol–water partition coefficient (Wildman–Crippen LogP) is -12.4. The largest absolute Gasteiger partial charge is 2.00 e. The van der Waals surface area contributed by atoms with E-state index in [2.05, 4.69) is 0 Å². The molecule has 22 heteroatoms. The number of rotatable bonds is 22. The van der Waals surface area contributed by atoms with Crippen LogP contribution in [0.15, 0.2) is 0 Å². The number of nitrogens with zero attached hydrogens (tertiary/aromatic N) is 2. The summed E-state index contributed by atoms with van der Waals surface area (Å²) in [5, 5.41) is 76.2. The Kier molecular flexibility index (Phi) is 34.1. The molecule has 0 amide bonds. The maximum Gasteiger partial charge on any atom is 2.00 e. The molecule has 6 N–H and O–H groups in total. The molecule has 0 bridgehead atoms. The molecule has 0 fully saturated rings. The fraction of sp³-hybridized carbons (Fsp3) is 0.619. The Morgan fingerprint density at radius 1 is 0.465 bits per heavy atom. The minimum absolute atomic E-state index is 0. The van der Waals surface area contributed by atoms with E-state index in [0.717, 1.165) is 9.80 Å². The average molecular weight is 679 g/mol. The number of carbonyl (C=O) groups is 8. The maximum atomic E-state index is 10.6. The number of carbonyl (C=O) groups excluding carboxylic acids is 4. The summed E-state index contributed by atoms with van der Waals surface area (Å²) in [5.74, 6) is -10.8. The van der Waals surface area contributed by atoms with Gasteiger partial charge in [-0.2, -0.15) is 0 Å². The minimum Gasteiger partial charge on any atom is -0.549 e. The van der Waals surface area contributed by atoms with Crippen LogP contribution in [0.1, 0.15) is 7.43 Å². The second-order valence-electron chi connectivity index (χ2n) is 8.19. The van der Waals surface area contributed by atoms with Gasteiger partial charge in [0.15, 0.2) is 13.1 Å². The molecule has 0 aliphatic carbocycles. The molecular weight excluding hydrogens is 644 g/mol. The van der Waals surface area contributed by atoms with Crippen molar-refractivity contribution in [1.82, 2.24) is 9.80 Å². The minimum atomic E-state index is -1.51. The molecule has 0 aliphatic rings. The van der Waals surface area contributed by atoms with Gasteiger partial charge in [0.05, 0.1) is 37.0 Å². The first-order chi connectivity index (χ1) is 18.4. The first-order valence-corrected chi connectivity index (χ1v) is 11.2. The van der Waals surface area contributed by atoms with Gasteiger partial charge < -0.3 is 69.8 Å². The van der Waals surface area contributed by atoms with Crippen molar-refractivity contribution in [3.05, 3.63) is 0 Å². The topological polar surface area (TPSA) is 325 Å². The molecule has 2 unspecified atom stereocenters. The zero-order valence-electron chi connectivity index (χ0n) is 22.5. The van der Waals surface area contributed by atoms with Gasteiger partial charge in [-0.05, 0) is 0 Å². The standard InChI is InChI=1S/2C10H16N2O8.CH4.2Ca/c2*13-7(14)3-11(4-8(15)16)1-2-12(5-9(17)18)6-10(19)20;;;/h2*1-6H2,(H,13,14)(H,15,16)(H,17,18)(H,19,20);1H4;;/q;;;2*+2/p-2. The van der Waals surface area contributed by atoms with Crippen LogP contribution in [0.25, 0.3) is 0 Å². The van der Waals surface area contributed by atoms with Gasteiger partial charge in [0, 0.05) is 26.2 Å². The second kappa shape index (κ2) is 28.9. The van der Waals surface area contributed by atoms with Crippen LogP contribution in [-0.4, -0.2) is 232 Å². The molecule has 0 rings (SSSR count). The van der Waals surface area contributed by atoms with Gasteiger partial charge in [0.25, 0.3) is 0 Å². The summed E-state index contributed by atoms with van der Waals surface area (Å²) >= 11 is 0. The van der Waals surface area contributed by atoms with Crippen LogP contribution < -0.4 is 30.2 Å². The molecule has 0 saturated heterocycles. The van der Waals surface area contributed by atoms with Crippen molar-refractivity contribution in [1.29, 1.82) is 0 Å². The fourth-order valence-corrected chi connectivity index (χ4v) is 3.13. The van der Waals surface area contributed by atoms with E-state index in [-0.39, 0.29) is 119 Å². The summed E-state index contributed by atoms with van der Waals surface area (Å²) in [7, 11) is 0. The quantitative estimate of drug-likeness (QED) is 0.0579. The Morgan fingerprint density at radius 3 is 0.953 bits per heavy atom. The molecular formula is C21H34Ca2N4O16+2. The third kappa shape index (κ3) is 36.2. The second-order valence-corrected chi connectivity index (χ2v) is 8.19. The Balaban J connectivity index is -0.000000209. The van der Waals surface area contributed by atoms with E-state index < -0.39 is 100 Å². The van der Waals surface area contributed by atoms with Crippen molar-refractivity contribution < 1.29 is 89.0 Å². The van der Waals surface area contributed by atoms with E-state index in [1.807, 2.05) is 0 Å². The molecule has 0 aromatic rings. The SMILES string of the molecule is C.O=C([O-])CN(CCN(CC(=O)O)CC(=O)O)CC(=O)[O-].O=C([O-])C[NH+](CC[NH+](CC(=O)[O-])CC(=O)O)CC(=O)O.[Ca+2].[Ca+2]. The summed E-state index contributed by atoms with van der Waals surface area (Å²) in [5.41, 5.74) is 0. The Morgan fingerprint density at radius 2 is 0.744 bits per heavy atom. The van der Waals surface area contributed by atoms with Crippen LogP contribution in [-0.2, 0) is 38.4 Å². The first-order valence-electron chi connectivity index (χ1n) is 11.2. The van der Waals surface area contributed by atoms with Crippen LogP contribution in [0.3, 0.4) is 0 Å². The molecule has 0 aliphatic heterocycles. The van der Waals surface area contributed by atoms with Crippen molar-refractivity contribution in [3.63, 3.8) is 0 Å². The molecule has 236 valence electrons. The summed E-state index contributed by atoms with van der Waals surface area (Å²) in [6, 6.07) is 0. The molecule has 0 spiro atoms. The third-order valence-electron chi connectivity index (χ3n) is 4.58. The first kappa shape index (κ1) is 50.7. The molecule has 0 aromatic heterocycles. The Labute approximate surface area is 305 Å². The molecule has 0 radical (unpaired) electrons. The number of carboxylic acid groups (broad SMARTS) is 8. The zero-order valence-corrected chi connectivity index (χ0v) is 26.9. The van der Waals surface area contributed by atoms with E-state index in [9.17, 15) is 58.8 Å². The fourth-order valence-electron chi connectivity index (χ4n) is 3.13. The van der Waals surface area contributed by atoms with E-state index in [1.54, 1.807) is 0 Å². The van der Waals surface area contributed by atoms with Crippen LogP contribution in [0.4, 0.5) is 0 Å². The molecule has 0 aromatic carbocycles. The van der Waals surface area contributed by atoms with Crippen LogP contribution >= 0.6 is 0 Å². The summed E-state index contributed by atoms with van der Waals surface area (Å²) in [6.07, 6.45) is 0. The van der Waals surface area contributed by atoms with E-state index >= 15 is 0 Å². The van der Waals surface area contributed by atoms with Crippen molar-refractivity contribution in [2.75, 3.05) is 78.5 Å². The summed E-state index contributed by atoms with van der Waals surface area (Å²) in [4.78, 5) is 86.2. The molecule has 43 heavy (non-hydrogen) atoms. The van der Waals surface area contributed by atoms with Crippen molar-refractivity contribution in [2.24, 2.45) is 0 Å². The summed E-state index contributed by atoms with van der Waals surface area (Å²) in [6.45, 7) is -4.87. The van der Waals surface area contributed by atoms with Gasteiger partial charge >= 0.3 is 99.4 Å². The number of aliphatic carboxylic acids is 8. The van der Waals surface area contributed by atoms with Gasteiger partial charge in [-0.3, -0.25) is 19.4 Å². The van der Waals surface area contributed by atoms with Crippen LogP contribution in [0.2, 0.25) is 0 Å². The van der Waals surface area contributed by atoms with Crippen LogP contribution in [0.5, 0.6) is 0 Å². The van der Waals surface area contributed by atoms with Crippen molar-refractivity contribution in [3.8, 4) is 0 Å². The van der Waals surface area contributed by atoms with E-state index in [1.165, 1.54) is 0 Å². The van der Waals surface area contributed by atoms with E-state index in [4.69, 9.17) is 20.4 Å². The van der Waals surface area contributed by atoms with Gasteiger partial charge in [-0.1, -0.05) is 7.43 Å². The zero-order chi connectivity index (χ0) is 31.4. The van der Waals surface area contributed by atoms with Gasteiger partial charge in [-0.15, -0.1) is 0 Å². The average Bonchev–Trinajstić information content (AvgIpc) is 2.72. The van der Waals surface area contributed by atoms with Crippen molar-refractivity contribution >= 4 is 123 Å². The van der Waals surface area contributed by atoms with Gasteiger partial charge in [0.1, 0.15) is 26.2 Å². The third-order valence-corrected chi connectivity index (χ3v) is 4.58. The number of nitrogens with one attached hydrogen (secondary N) is 2. The summed E-state index contributed by atoms with van der Waals surface area (Å²) < 4.78 is 0. The number of hydrogen-bond acceptors (Lipinski definition) is 14. The van der Waals surface area contributed by atoms with Crippen LogP contribution in [0, 0.1) is 0 Å². The van der Waals surface area contributed by atoms with Crippen molar-refractivity contribution in [2.45, 2.75) is 7.43 Å². The molecule has 2 atom stereocenters. The maximum absolute atomic E-state index is 10.6. The number of quaternary nitrogens is 2.